The Morgan fingerprint density at radius 1 is 1.07 bits per heavy atom. The largest absolute Gasteiger partial charge is 0.493 e. The van der Waals surface area contributed by atoms with E-state index in [0.717, 1.165) is 12.0 Å². The maximum atomic E-state index is 13.0. The van der Waals surface area contributed by atoms with Gasteiger partial charge in [0.1, 0.15) is 11.8 Å². The number of amides is 1. The van der Waals surface area contributed by atoms with Crippen LogP contribution in [0.25, 0.3) is 0 Å². The van der Waals surface area contributed by atoms with Gasteiger partial charge in [0.15, 0.2) is 0 Å². The number of ether oxygens (including phenoxy) is 2. The van der Waals surface area contributed by atoms with Crippen molar-refractivity contribution in [3.8, 4) is 5.75 Å². The standard InChI is InChI=1S/C22H25NO4/c1-2-26-20-13-7-6-11-18(20)21(24)23-15-8-12-19(23)22(25)27-16-14-17-9-4-3-5-10-17/h3-7,9-11,13,19H,2,8,12,14-16H2,1H3. The Balaban J connectivity index is 1.62. The summed E-state index contributed by atoms with van der Waals surface area (Å²) in [6.07, 6.45) is 2.09. The van der Waals surface area contributed by atoms with Crippen LogP contribution >= 0.6 is 0 Å². The maximum Gasteiger partial charge on any atom is 0.328 e. The molecule has 0 aromatic heterocycles. The molecule has 27 heavy (non-hydrogen) atoms. The summed E-state index contributed by atoms with van der Waals surface area (Å²) in [5.74, 6) is 0.0420. The molecule has 1 heterocycles. The highest BCUT2D eigenvalue weighted by atomic mass is 16.5. The van der Waals surface area contributed by atoms with Crippen LogP contribution in [0.4, 0.5) is 0 Å². The lowest BCUT2D eigenvalue weighted by Crippen LogP contribution is -2.41. The van der Waals surface area contributed by atoms with Gasteiger partial charge >= 0.3 is 5.97 Å². The highest BCUT2D eigenvalue weighted by Gasteiger charge is 2.36. The van der Waals surface area contributed by atoms with Crippen LogP contribution in [0.5, 0.6) is 5.75 Å². The van der Waals surface area contributed by atoms with Gasteiger partial charge in [0, 0.05) is 13.0 Å². The number of carbonyl (C=O) groups excluding carboxylic acids is 2. The minimum absolute atomic E-state index is 0.179. The first kappa shape index (κ1) is 19.0. The lowest BCUT2D eigenvalue weighted by molar-refractivity contribution is -0.148. The number of benzene rings is 2. The molecule has 0 N–H and O–H groups in total. The van der Waals surface area contributed by atoms with Crippen molar-refractivity contribution >= 4 is 11.9 Å². The van der Waals surface area contributed by atoms with Crippen LogP contribution in [0, 0.1) is 0 Å². The van der Waals surface area contributed by atoms with Crippen molar-refractivity contribution in [2.24, 2.45) is 0 Å². The van der Waals surface area contributed by atoms with Gasteiger partial charge in [-0.3, -0.25) is 4.79 Å². The van der Waals surface area contributed by atoms with E-state index in [1.54, 1.807) is 23.1 Å². The van der Waals surface area contributed by atoms with E-state index in [-0.39, 0.29) is 11.9 Å². The molecule has 142 valence electrons. The van der Waals surface area contributed by atoms with E-state index in [0.29, 0.717) is 43.9 Å². The molecule has 0 radical (unpaired) electrons. The zero-order valence-electron chi connectivity index (χ0n) is 15.6. The van der Waals surface area contributed by atoms with Crippen molar-refractivity contribution in [1.29, 1.82) is 0 Å². The van der Waals surface area contributed by atoms with E-state index in [1.165, 1.54) is 0 Å². The van der Waals surface area contributed by atoms with Crippen LogP contribution in [0.15, 0.2) is 54.6 Å². The summed E-state index contributed by atoms with van der Waals surface area (Å²) in [4.78, 5) is 27.1. The van der Waals surface area contributed by atoms with E-state index < -0.39 is 6.04 Å². The number of hydrogen-bond donors (Lipinski definition) is 0. The van der Waals surface area contributed by atoms with E-state index in [2.05, 4.69) is 0 Å². The van der Waals surface area contributed by atoms with Gasteiger partial charge < -0.3 is 14.4 Å². The molecule has 0 saturated carbocycles. The minimum Gasteiger partial charge on any atom is -0.493 e. The number of esters is 1. The molecule has 1 aliphatic heterocycles. The number of rotatable bonds is 7. The highest BCUT2D eigenvalue weighted by molar-refractivity contribution is 5.99. The quantitative estimate of drug-likeness (QED) is 0.703. The summed E-state index contributed by atoms with van der Waals surface area (Å²) in [5, 5.41) is 0. The Morgan fingerprint density at radius 3 is 2.59 bits per heavy atom. The SMILES string of the molecule is CCOc1ccccc1C(=O)N1CCCC1C(=O)OCCc1ccccc1. The average Bonchev–Trinajstić information content (AvgIpc) is 3.19. The predicted octanol–water partition coefficient (Wildman–Crippen LogP) is 3.48. The molecule has 1 fully saturated rings. The fourth-order valence-corrected chi connectivity index (χ4v) is 3.34. The first-order valence-corrected chi connectivity index (χ1v) is 9.44. The van der Waals surface area contributed by atoms with Gasteiger partial charge in [-0.25, -0.2) is 4.79 Å². The van der Waals surface area contributed by atoms with Crippen molar-refractivity contribution in [3.63, 3.8) is 0 Å². The summed E-state index contributed by atoms with van der Waals surface area (Å²) in [5.41, 5.74) is 1.61. The Morgan fingerprint density at radius 2 is 1.81 bits per heavy atom. The highest BCUT2D eigenvalue weighted by Crippen LogP contribution is 2.26. The van der Waals surface area contributed by atoms with Gasteiger partial charge in [0.05, 0.1) is 18.8 Å². The molecule has 2 aromatic rings. The summed E-state index contributed by atoms with van der Waals surface area (Å²) in [6, 6.07) is 16.5. The molecule has 1 unspecified atom stereocenters. The predicted molar refractivity (Wildman–Crippen MR) is 103 cm³/mol. The number of para-hydroxylation sites is 1. The summed E-state index contributed by atoms with van der Waals surface area (Å²) >= 11 is 0. The minimum atomic E-state index is -0.525. The van der Waals surface area contributed by atoms with E-state index >= 15 is 0 Å². The zero-order valence-corrected chi connectivity index (χ0v) is 15.6. The second-order valence-electron chi connectivity index (χ2n) is 6.49. The van der Waals surface area contributed by atoms with Crippen LogP contribution in [0.1, 0.15) is 35.7 Å². The molecule has 0 spiro atoms. The molecule has 1 saturated heterocycles. The van der Waals surface area contributed by atoms with E-state index in [4.69, 9.17) is 9.47 Å². The molecular formula is C22H25NO4. The Hall–Kier alpha value is -2.82. The van der Waals surface area contributed by atoms with Crippen LogP contribution in [-0.2, 0) is 16.0 Å². The topological polar surface area (TPSA) is 55.8 Å². The normalized spacial score (nSPS) is 16.2. The third-order valence-electron chi connectivity index (χ3n) is 4.68. The first-order valence-electron chi connectivity index (χ1n) is 9.44. The second-order valence-corrected chi connectivity index (χ2v) is 6.49. The lowest BCUT2D eigenvalue weighted by Gasteiger charge is -2.24. The zero-order chi connectivity index (χ0) is 19.1. The second kappa shape index (κ2) is 9.21. The average molecular weight is 367 g/mol. The van der Waals surface area contributed by atoms with Crippen molar-refractivity contribution in [3.05, 3.63) is 65.7 Å². The monoisotopic (exact) mass is 367 g/mol. The van der Waals surface area contributed by atoms with Crippen LogP contribution < -0.4 is 4.74 Å². The molecule has 0 aliphatic carbocycles. The van der Waals surface area contributed by atoms with Gasteiger partial charge in [-0.15, -0.1) is 0 Å². The summed E-state index contributed by atoms with van der Waals surface area (Å²) in [6.45, 7) is 3.23. The first-order chi connectivity index (χ1) is 13.2. The van der Waals surface area contributed by atoms with Crippen LogP contribution in [0.2, 0.25) is 0 Å². The number of nitrogens with zero attached hydrogens (tertiary/aromatic N) is 1. The van der Waals surface area contributed by atoms with Crippen molar-refractivity contribution < 1.29 is 19.1 Å². The fraction of sp³-hybridized carbons (Fsp3) is 0.364. The van der Waals surface area contributed by atoms with Gasteiger partial charge in [-0.05, 0) is 37.5 Å². The Bertz CT molecular complexity index is 775. The molecule has 3 rings (SSSR count). The third kappa shape index (κ3) is 4.67. The molecule has 1 atom stereocenters. The van der Waals surface area contributed by atoms with Gasteiger partial charge in [-0.2, -0.15) is 0 Å². The van der Waals surface area contributed by atoms with Crippen LogP contribution in [-0.4, -0.2) is 42.6 Å². The Kier molecular flexibility index (Phi) is 6.47. The van der Waals surface area contributed by atoms with Gasteiger partial charge in [0.2, 0.25) is 0 Å². The van der Waals surface area contributed by atoms with E-state index in [9.17, 15) is 9.59 Å². The van der Waals surface area contributed by atoms with Crippen molar-refractivity contribution in [2.75, 3.05) is 19.8 Å². The molecule has 2 aromatic carbocycles. The molecule has 5 heteroatoms. The molecular weight excluding hydrogens is 342 g/mol. The molecule has 1 aliphatic rings. The summed E-state index contributed by atoms with van der Waals surface area (Å²) in [7, 11) is 0. The fourth-order valence-electron chi connectivity index (χ4n) is 3.34. The lowest BCUT2D eigenvalue weighted by atomic mass is 10.1. The third-order valence-corrected chi connectivity index (χ3v) is 4.68. The molecule has 5 nitrogen and oxygen atoms in total. The number of likely N-dealkylation sites (tertiary alicyclic amines) is 1. The van der Waals surface area contributed by atoms with Gasteiger partial charge in [-0.1, -0.05) is 42.5 Å². The maximum absolute atomic E-state index is 13.0. The Labute approximate surface area is 159 Å². The van der Waals surface area contributed by atoms with Crippen molar-refractivity contribution in [2.45, 2.75) is 32.2 Å². The summed E-state index contributed by atoms with van der Waals surface area (Å²) < 4.78 is 11.0. The van der Waals surface area contributed by atoms with Crippen LogP contribution in [0.3, 0.4) is 0 Å². The molecule has 0 bridgehead atoms. The van der Waals surface area contributed by atoms with E-state index in [1.807, 2.05) is 43.3 Å². The smallest absolute Gasteiger partial charge is 0.328 e. The number of carbonyl (C=O) groups is 2. The number of hydrogen-bond acceptors (Lipinski definition) is 4. The van der Waals surface area contributed by atoms with Gasteiger partial charge in [0.25, 0.3) is 5.91 Å². The molecule has 1 amide bonds. The van der Waals surface area contributed by atoms with Crippen molar-refractivity contribution in [1.82, 2.24) is 4.90 Å².